The first kappa shape index (κ1) is 23.8. The van der Waals surface area contributed by atoms with Gasteiger partial charge in [0.15, 0.2) is 5.84 Å². The van der Waals surface area contributed by atoms with E-state index in [1.807, 2.05) is 44.2 Å². The molecule has 0 unspecified atom stereocenters. The van der Waals surface area contributed by atoms with Crippen LogP contribution in [0.2, 0.25) is 0 Å². The van der Waals surface area contributed by atoms with Crippen LogP contribution in [0.5, 0.6) is 0 Å². The van der Waals surface area contributed by atoms with Crippen LogP contribution in [0.3, 0.4) is 0 Å². The average molecular weight is 472 g/mol. The van der Waals surface area contributed by atoms with Crippen LogP contribution in [0.1, 0.15) is 55.3 Å². The Kier molecular flexibility index (Phi) is 7.18. The molecule has 0 spiro atoms. The lowest BCUT2D eigenvalue weighted by atomic mass is 9.94. The molecule has 0 saturated carbocycles. The molecule has 0 bridgehead atoms. The summed E-state index contributed by atoms with van der Waals surface area (Å²) in [5.74, 6) is -0.812. The van der Waals surface area contributed by atoms with E-state index in [0.717, 1.165) is 5.56 Å². The fourth-order valence-corrected chi connectivity index (χ4v) is 4.34. The van der Waals surface area contributed by atoms with Gasteiger partial charge in [0.05, 0.1) is 19.0 Å². The number of alkyl halides is 1. The number of likely N-dealkylation sites (tertiary alicyclic amines) is 1. The summed E-state index contributed by atoms with van der Waals surface area (Å²) in [6.45, 7) is 3.66. The zero-order chi connectivity index (χ0) is 24.2. The lowest BCUT2D eigenvalue weighted by molar-refractivity contribution is -0.713. The quantitative estimate of drug-likeness (QED) is 0.458. The maximum Gasteiger partial charge on any atom is 0.243 e. The smallest absolute Gasteiger partial charge is 0.243 e. The molecule has 2 amide bonds. The number of nitrogens with zero attached hydrogens (tertiary/aromatic N) is 2. The van der Waals surface area contributed by atoms with Crippen LogP contribution >= 0.6 is 0 Å². The predicted octanol–water partition coefficient (Wildman–Crippen LogP) is 1.38. The molecule has 1 saturated heterocycles. The minimum absolute atomic E-state index is 0.0186. The first-order valence-corrected chi connectivity index (χ1v) is 11.3. The van der Waals surface area contributed by atoms with Crippen molar-refractivity contribution in [1.82, 2.24) is 21.2 Å². The Hall–Kier alpha value is -3.37. The second-order valence-electron chi connectivity index (χ2n) is 8.83. The van der Waals surface area contributed by atoms with Crippen LogP contribution in [0.4, 0.5) is 8.78 Å². The van der Waals surface area contributed by atoms with Gasteiger partial charge in [-0.05, 0) is 33.8 Å². The molecule has 4 rings (SSSR count). The van der Waals surface area contributed by atoms with Crippen molar-refractivity contribution in [2.75, 3.05) is 6.54 Å². The predicted molar refractivity (Wildman–Crippen MR) is 122 cm³/mol. The van der Waals surface area contributed by atoms with E-state index in [4.69, 9.17) is 0 Å². The van der Waals surface area contributed by atoms with Crippen molar-refractivity contribution in [3.8, 4) is 0 Å². The largest absolute Gasteiger partial charge is 0.343 e. The fourth-order valence-electron chi connectivity index (χ4n) is 4.34. The molecule has 0 aromatic heterocycles. The van der Waals surface area contributed by atoms with Crippen LogP contribution in [-0.2, 0) is 9.59 Å². The maximum atomic E-state index is 14.8. The third-order valence-electron chi connectivity index (χ3n) is 6.09. The van der Waals surface area contributed by atoms with Gasteiger partial charge in [0.25, 0.3) is 0 Å². The number of hydrogen-bond acceptors (Lipinski definition) is 5. The van der Waals surface area contributed by atoms with E-state index < -0.39 is 30.1 Å². The van der Waals surface area contributed by atoms with E-state index >= 15 is 0 Å². The number of rotatable bonds is 7. The Morgan fingerprint density at radius 1 is 1.21 bits per heavy atom. The van der Waals surface area contributed by atoms with Crippen molar-refractivity contribution < 1.29 is 23.9 Å². The van der Waals surface area contributed by atoms with Gasteiger partial charge in [0, 0.05) is 6.42 Å². The van der Waals surface area contributed by atoms with Crippen LogP contribution in [-0.4, -0.2) is 41.3 Å². The molecule has 8 nitrogen and oxygen atoms in total. The van der Waals surface area contributed by atoms with Crippen molar-refractivity contribution in [1.29, 1.82) is 0 Å². The molecular formula is C24H29F2N6O2+. The number of hydrazine groups is 1. The highest BCUT2D eigenvalue weighted by atomic mass is 19.1. The molecule has 2 aromatic rings. The zero-order valence-electron chi connectivity index (χ0n) is 19.1. The molecular weight excluding hydrogens is 442 g/mol. The molecule has 180 valence electrons. The first-order valence-electron chi connectivity index (χ1n) is 11.3. The van der Waals surface area contributed by atoms with Gasteiger partial charge in [-0.1, -0.05) is 61.8 Å². The first-order chi connectivity index (χ1) is 16.3. The van der Waals surface area contributed by atoms with Crippen molar-refractivity contribution in [3.05, 3.63) is 71.0 Å². The molecule has 2 aromatic carbocycles. The number of halogens is 2. The fraction of sp³-hybridized carbons (Fsp3) is 0.375. The van der Waals surface area contributed by atoms with Crippen LogP contribution in [0, 0.1) is 5.82 Å². The second kappa shape index (κ2) is 10.3. The third kappa shape index (κ3) is 5.23. The number of hydrogen-bond donors (Lipinski definition) is 4. The minimum Gasteiger partial charge on any atom is -0.343 e. The van der Waals surface area contributed by atoms with E-state index in [1.165, 1.54) is 16.5 Å². The third-order valence-corrected chi connectivity index (χ3v) is 6.09. The highest BCUT2D eigenvalue weighted by Crippen LogP contribution is 2.28. The Labute approximate surface area is 196 Å². The van der Waals surface area contributed by atoms with Crippen molar-refractivity contribution in [2.45, 2.75) is 50.9 Å². The molecule has 0 aliphatic carbocycles. The van der Waals surface area contributed by atoms with Gasteiger partial charge in [-0.2, -0.15) is 0 Å². The number of nitrogens with one attached hydrogen (secondary N) is 3. The number of nitrogens with two attached hydrogens (primary N) is 1. The molecule has 34 heavy (non-hydrogen) atoms. The highest BCUT2D eigenvalue weighted by Gasteiger charge is 2.41. The monoisotopic (exact) mass is 471 g/mol. The Balaban J connectivity index is 1.57. The molecule has 2 heterocycles. The molecule has 3 atom stereocenters. The molecule has 10 heteroatoms. The standard InChI is InChI=1S/C24H28F2N6O2/c1-14(2)18-9-8-16(10-19(18)26)23(15-6-4-3-5-7-15)27-24(34)20-11-17(25)13-32(20)22(33)12-21-28-30-31-29-21/h3-10,14,17,20,23,30-31H,11-13H2,1-2H3,(H,27,34)(H,28,29)/p+1/t17-,20+,23+/m1/s1. The number of amidine groups is 1. The number of amides is 2. The van der Waals surface area contributed by atoms with E-state index in [-0.39, 0.29) is 31.1 Å². The number of carbonyl (C=O) groups is 2. The summed E-state index contributed by atoms with van der Waals surface area (Å²) in [5.41, 5.74) is 8.70. The molecule has 2 aliphatic rings. The summed E-state index contributed by atoms with van der Waals surface area (Å²) < 4.78 is 29.1. The summed E-state index contributed by atoms with van der Waals surface area (Å²) in [6, 6.07) is 12.5. The minimum atomic E-state index is -1.30. The van der Waals surface area contributed by atoms with Crippen molar-refractivity contribution in [2.24, 2.45) is 5.10 Å². The van der Waals surface area contributed by atoms with Gasteiger partial charge in [-0.3, -0.25) is 15.0 Å². The van der Waals surface area contributed by atoms with E-state index in [0.29, 0.717) is 17.0 Å². The summed E-state index contributed by atoms with van der Waals surface area (Å²) in [5, 5.41) is 6.92. The summed E-state index contributed by atoms with van der Waals surface area (Å²) in [6.07, 6.45) is -1.48. The van der Waals surface area contributed by atoms with Crippen LogP contribution in [0.15, 0.2) is 53.6 Å². The Morgan fingerprint density at radius 2 is 1.97 bits per heavy atom. The maximum absolute atomic E-state index is 14.8. The summed E-state index contributed by atoms with van der Waals surface area (Å²) in [4.78, 5) is 27.4. The molecule has 2 aliphatic heterocycles. The van der Waals surface area contributed by atoms with Gasteiger partial charge in [0.1, 0.15) is 18.0 Å². The molecule has 1 fully saturated rings. The number of quaternary nitrogens is 1. The lowest BCUT2D eigenvalue weighted by Crippen LogP contribution is -2.87. The number of benzene rings is 2. The van der Waals surface area contributed by atoms with E-state index in [1.54, 1.807) is 12.1 Å². The van der Waals surface area contributed by atoms with Gasteiger partial charge in [-0.15, -0.1) is 5.53 Å². The number of carbonyl (C=O) groups excluding carboxylic acids is 2. The topological polar surface area (TPSA) is 102 Å². The summed E-state index contributed by atoms with van der Waals surface area (Å²) >= 11 is 0. The van der Waals surface area contributed by atoms with Crippen LogP contribution in [0.25, 0.3) is 0 Å². The van der Waals surface area contributed by atoms with Gasteiger partial charge in [-0.25, -0.2) is 8.78 Å². The van der Waals surface area contributed by atoms with Gasteiger partial charge in [0.2, 0.25) is 11.8 Å². The van der Waals surface area contributed by atoms with Crippen LogP contribution < -0.4 is 21.8 Å². The van der Waals surface area contributed by atoms with Gasteiger partial charge < -0.3 is 10.2 Å². The normalized spacial score (nSPS) is 20.7. The zero-order valence-corrected chi connectivity index (χ0v) is 19.1. The SMILES string of the molecule is CC(C)c1ccc([C@@H](NC(=O)[C@@H]2C[C@@H](F)CN2C(=O)CC2=N[NH2+]NN2)c2ccccc2)cc1F. The van der Waals surface area contributed by atoms with Crippen molar-refractivity contribution >= 4 is 17.6 Å². The Bertz CT molecular complexity index is 1080. The summed E-state index contributed by atoms with van der Waals surface area (Å²) in [7, 11) is 0. The average Bonchev–Trinajstić information content (AvgIpc) is 3.47. The lowest BCUT2D eigenvalue weighted by Gasteiger charge is -2.27. The highest BCUT2D eigenvalue weighted by molar-refractivity contribution is 6.01. The van der Waals surface area contributed by atoms with E-state index in [2.05, 4.69) is 21.4 Å². The van der Waals surface area contributed by atoms with Crippen molar-refractivity contribution in [3.63, 3.8) is 0 Å². The van der Waals surface area contributed by atoms with E-state index in [9.17, 15) is 18.4 Å². The molecule has 5 N–H and O–H groups in total. The molecule has 0 radical (unpaired) electrons. The van der Waals surface area contributed by atoms with Gasteiger partial charge >= 0.3 is 0 Å². The second-order valence-corrected chi connectivity index (χ2v) is 8.83. The Morgan fingerprint density at radius 3 is 2.62 bits per heavy atom.